The molecule has 1 atom stereocenters. The number of amides is 1. The normalized spacial score (nSPS) is 17.8. The molecule has 1 aromatic rings. The fourth-order valence-electron chi connectivity index (χ4n) is 2.89. The molecule has 1 N–H and O–H groups in total. The number of hydrogen-bond donors (Lipinski definition) is 1. The summed E-state index contributed by atoms with van der Waals surface area (Å²) in [5, 5.41) is 3.67. The second-order valence-corrected chi connectivity index (χ2v) is 7.90. The number of anilines is 1. The minimum atomic E-state index is -0.511. The molecule has 0 aliphatic carbocycles. The van der Waals surface area contributed by atoms with E-state index in [1.54, 1.807) is 17.9 Å². The number of halogens is 1. The highest BCUT2D eigenvalue weighted by atomic mass is 35.5. The lowest BCUT2D eigenvalue weighted by Crippen LogP contribution is -2.37. The molecule has 0 bridgehead atoms. The Morgan fingerprint density at radius 2 is 2.07 bits per heavy atom. The van der Waals surface area contributed by atoms with Crippen LogP contribution in [0.4, 0.5) is 10.5 Å². The van der Waals surface area contributed by atoms with Gasteiger partial charge in [0.05, 0.1) is 12.3 Å². The number of likely N-dealkylation sites (tertiary alicyclic amines) is 1. The van der Waals surface area contributed by atoms with Gasteiger partial charge >= 0.3 is 12.1 Å². The topological polar surface area (TPSA) is 80.8 Å². The molecule has 2 heterocycles. The summed E-state index contributed by atoms with van der Waals surface area (Å²) in [5.74, 6) is -0.437. The van der Waals surface area contributed by atoms with Crippen molar-refractivity contribution in [2.75, 3.05) is 25.0 Å². The SMILES string of the molecule is CCOC(=O)c1cnc(Cl)cc1N[C@@H]1CCCN(C(=O)OC(C)(C)C)CC1. The molecule has 0 unspecified atom stereocenters. The van der Waals surface area contributed by atoms with Gasteiger partial charge in [0, 0.05) is 25.3 Å². The predicted molar refractivity (Wildman–Crippen MR) is 104 cm³/mol. The average Bonchev–Trinajstić information content (AvgIpc) is 2.79. The van der Waals surface area contributed by atoms with Gasteiger partial charge in [0.25, 0.3) is 0 Å². The van der Waals surface area contributed by atoms with E-state index in [0.29, 0.717) is 29.5 Å². The lowest BCUT2D eigenvalue weighted by molar-refractivity contribution is 0.0256. The third-order valence-corrected chi connectivity index (χ3v) is 4.31. The standard InChI is InChI=1S/C19H28ClN3O4/c1-5-26-17(24)14-12-21-16(20)11-15(14)22-13-7-6-9-23(10-8-13)18(25)27-19(2,3)4/h11-13H,5-10H2,1-4H3,(H,21,22)/t13-/m1/s1. The third-order valence-electron chi connectivity index (χ3n) is 4.11. The molecule has 7 nitrogen and oxygen atoms in total. The summed E-state index contributed by atoms with van der Waals surface area (Å²) in [6, 6.07) is 1.73. The van der Waals surface area contributed by atoms with Crippen LogP contribution in [-0.4, -0.2) is 53.3 Å². The molecule has 1 saturated heterocycles. The molecule has 150 valence electrons. The van der Waals surface area contributed by atoms with Crippen LogP contribution in [-0.2, 0) is 9.47 Å². The molecule has 0 spiro atoms. The fraction of sp³-hybridized carbons (Fsp3) is 0.632. The molecule has 1 amide bonds. The number of nitrogens with one attached hydrogen (secondary N) is 1. The van der Waals surface area contributed by atoms with Crippen LogP contribution in [0.2, 0.25) is 5.15 Å². The van der Waals surface area contributed by atoms with Crippen molar-refractivity contribution >= 4 is 29.4 Å². The lowest BCUT2D eigenvalue weighted by Gasteiger charge is -2.26. The second kappa shape index (κ2) is 9.26. The van der Waals surface area contributed by atoms with E-state index >= 15 is 0 Å². The maximum atomic E-state index is 12.3. The molecule has 0 aromatic carbocycles. The third kappa shape index (κ3) is 6.57. The van der Waals surface area contributed by atoms with Gasteiger partial charge in [-0.2, -0.15) is 0 Å². The smallest absolute Gasteiger partial charge is 0.410 e. The Morgan fingerprint density at radius 3 is 2.74 bits per heavy atom. The van der Waals surface area contributed by atoms with Crippen molar-refractivity contribution in [2.45, 2.75) is 58.6 Å². The number of carbonyl (C=O) groups excluding carboxylic acids is 2. The minimum Gasteiger partial charge on any atom is -0.462 e. The first-order valence-corrected chi connectivity index (χ1v) is 9.64. The number of rotatable bonds is 4. The van der Waals surface area contributed by atoms with Crippen LogP contribution in [0.1, 0.15) is 57.3 Å². The van der Waals surface area contributed by atoms with Crippen molar-refractivity contribution < 1.29 is 19.1 Å². The first kappa shape index (κ1) is 21.3. The van der Waals surface area contributed by atoms with Crippen molar-refractivity contribution in [3.05, 3.63) is 23.0 Å². The van der Waals surface area contributed by atoms with Crippen molar-refractivity contribution in [1.82, 2.24) is 9.88 Å². The first-order chi connectivity index (χ1) is 12.7. The number of nitrogens with zero attached hydrogens (tertiary/aromatic N) is 2. The van der Waals surface area contributed by atoms with E-state index in [2.05, 4.69) is 10.3 Å². The zero-order valence-electron chi connectivity index (χ0n) is 16.4. The van der Waals surface area contributed by atoms with E-state index in [1.165, 1.54) is 6.20 Å². The van der Waals surface area contributed by atoms with Crippen LogP contribution >= 0.6 is 11.6 Å². The van der Waals surface area contributed by atoms with Crippen LogP contribution in [0.5, 0.6) is 0 Å². The summed E-state index contributed by atoms with van der Waals surface area (Å²) in [5.41, 5.74) is 0.447. The molecule has 1 aliphatic rings. The van der Waals surface area contributed by atoms with Gasteiger partial charge in [-0.1, -0.05) is 11.6 Å². The number of pyridine rings is 1. The summed E-state index contributed by atoms with van der Waals surface area (Å²) in [6.07, 6.45) is 3.57. The summed E-state index contributed by atoms with van der Waals surface area (Å²) < 4.78 is 10.5. The molecule has 8 heteroatoms. The molecule has 27 heavy (non-hydrogen) atoms. The van der Waals surface area contributed by atoms with Gasteiger partial charge in [0.1, 0.15) is 16.3 Å². The quantitative estimate of drug-likeness (QED) is 0.608. The number of aromatic nitrogens is 1. The van der Waals surface area contributed by atoms with Crippen molar-refractivity contribution in [1.29, 1.82) is 0 Å². The van der Waals surface area contributed by atoms with Crippen molar-refractivity contribution in [3.63, 3.8) is 0 Å². The van der Waals surface area contributed by atoms with E-state index in [0.717, 1.165) is 19.3 Å². The molecule has 1 aromatic heterocycles. The Balaban J connectivity index is 2.04. The lowest BCUT2D eigenvalue weighted by atomic mass is 10.1. The first-order valence-electron chi connectivity index (χ1n) is 9.26. The van der Waals surface area contributed by atoms with E-state index in [1.807, 2.05) is 20.8 Å². The molecular weight excluding hydrogens is 370 g/mol. The van der Waals surface area contributed by atoms with Gasteiger partial charge in [-0.05, 0) is 53.0 Å². The van der Waals surface area contributed by atoms with Crippen LogP contribution in [0.3, 0.4) is 0 Å². The van der Waals surface area contributed by atoms with Crippen molar-refractivity contribution in [3.8, 4) is 0 Å². The predicted octanol–water partition coefficient (Wildman–Crippen LogP) is 4.11. The maximum absolute atomic E-state index is 12.3. The molecule has 1 fully saturated rings. The Morgan fingerprint density at radius 1 is 1.33 bits per heavy atom. The van der Waals surface area contributed by atoms with Gasteiger partial charge in [0.2, 0.25) is 0 Å². The minimum absolute atomic E-state index is 0.101. The van der Waals surface area contributed by atoms with Gasteiger partial charge in [0.15, 0.2) is 0 Å². The highest BCUT2D eigenvalue weighted by Gasteiger charge is 2.26. The van der Waals surface area contributed by atoms with Gasteiger partial charge in [-0.25, -0.2) is 14.6 Å². The number of carbonyl (C=O) groups is 2. The highest BCUT2D eigenvalue weighted by Crippen LogP contribution is 2.24. The molecule has 0 saturated carbocycles. The molecule has 0 radical (unpaired) electrons. The monoisotopic (exact) mass is 397 g/mol. The molecular formula is C19H28ClN3O4. The van der Waals surface area contributed by atoms with Gasteiger partial charge in [-0.15, -0.1) is 0 Å². The Labute approximate surface area is 165 Å². The summed E-state index contributed by atoms with van der Waals surface area (Å²) >= 11 is 6.00. The van der Waals surface area contributed by atoms with E-state index in [-0.39, 0.29) is 18.7 Å². The molecule has 1 aliphatic heterocycles. The fourth-order valence-corrected chi connectivity index (χ4v) is 3.05. The summed E-state index contributed by atoms with van der Waals surface area (Å²) in [4.78, 5) is 30.1. The van der Waals surface area contributed by atoms with Crippen molar-refractivity contribution in [2.24, 2.45) is 0 Å². The number of ether oxygens (including phenoxy) is 2. The average molecular weight is 398 g/mol. The molecule has 2 rings (SSSR count). The van der Waals surface area contributed by atoms with Crippen LogP contribution < -0.4 is 5.32 Å². The largest absolute Gasteiger partial charge is 0.462 e. The highest BCUT2D eigenvalue weighted by molar-refractivity contribution is 6.29. The van der Waals surface area contributed by atoms with E-state index in [4.69, 9.17) is 21.1 Å². The van der Waals surface area contributed by atoms with E-state index in [9.17, 15) is 9.59 Å². The number of hydrogen-bond acceptors (Lipinski definition) is 6. The van der Waals surface area contributed by atoms with Crippen LogP contribution in [0.25, 0.3) is 0 Å². The summed E-state index contributed by atoms with van der Waals surface area (Å²) in [7, 11) is 0. The Kier molecular flexibility index (Phi) is 7.30. The van der Waals surface area contributed by atoms with Gasteiger partial charge < -0.3 is 19.7 Å². The van der Waals surface area contributed by atoms with E-state index < -0.39 is 11.6 Å². The van der Waals surface area contributed by atoms with Gasteiger partial charge in [-0.3, -0.25) is 0 Å². The zero-order valence-corrected chi connectivity index (χ0v) is 17.1. The zero-order chi connectivity index (χ0) is 20.0. The van der Waals surface area contributed by atoms with Crippen LogP contribution in [0.15, 0.2) is 12.3 Å². The number of esters is 1. The Hall–Kier alpha value is -2.02. The maximum Gasteiger partial charge on any atom is 0.410 e. The Bertz CT molecular complexity index is 675. The summed E-state index contributed by atoms with van der Waals surface area (Å²) in [6.45, 7) is 8.85. The second-order valence-electron chi connectivity index (χ2n) is 7.51. The van der Waals surface area contributed by atoms with Crippen LogP contribution in [0, 0.1) is 0 Å².